The van der Waals surface area contributed by atoms with Gasteiger partial charge in [0, 0.05) is 117 Å². The van der Waals surface area contributed by atoms with Crippen LogP contribution < -0.4 is 33.2 Å². The number of nitrogens with zero attached hydrogens (tertiary/aromatic N) is 6. The molecular formula is C79H87F3N6O13. The van der Waals surface area contributed by atoms with Gasteiger partial charge in [0.05, 0.1) is 67.2 Å². The summed E-state index contributed by atoms with van der Waals surface area (Å²) in [5.41, 5.74) is 5.73. The largest absolute Gasteiger partial charge is 0.496 e. The summed E-state index contributed by atoms with van der Waals surface area (Å²) in [4.78, 5) is 45.1. The van der Waals surface area contributed by atoms with Gasteiger partial charge in [0.25, 0.3) is 17.7 Å². The van der Waals surface area contributed by atoms with E-state index in [2.05, 4.69) is 52.7 Å². The fourth-order valence-electron chi connectivity index (χ4n) is 14.5. The van der Waals surface area contributed by atoms with Gasteiger partial charge in [-0.25, -0.2) is 0 Å². The number of hydrogen-bond donors (Lipinski definition) is 2. The molecule has 9 heterocycles. The zero-order valence-corrected chi connectivity index (χ0v) is 57.5. The Morgan fingerprint density at radius 2 is 1.01 bits per heavy atom. The van der Waals surface area contributed by atoms with E-state index in [-0.39, 0.29) is 40.4 Å². The van der Waals surface area contributed by atoms with Crippen molar-refractivity contribution in [2.24, 2.45) is 0 Å². The fraction of sp³-hybridized carbons (Fsp3) is 0.354. The molecule has 3 spiro atoms. The molecule has 0 atom stereocenters. The fourth-order valence-corrected chi connectivity index (χ4v) is 14.5. The summed E-state index contributed by atoms with van der Waals surface area (Å²) in [5, 5.41) is 18.4. The maximum absolute atomic E-state index is 13.8. The number of likely N-dealkylation sites (tertiary alicyclic amines) is 3. The Bertz CT molecular complexity index is 4490. The molecule has 3 fully saturated rings. The predicted molar refractivity (Wildman–Crippen MR) is 376 cm³/mol. The number of methoxy groups -OCH3 is 3. The number of aryl methyl sites for hydroxylation is 1. The number of piperidine rings is 3. The summed E-state index contributed by atoms with van der Waals surface area (Å²) >= 11 is 0. The van der Waals surface area contributed by atoms with Crippen LogP contribution in [0.25, 0.3) is 17.1 Å². The van der Waals surface area contributed by atoms with Crippen molar-refractivity contribution in [1.29, 1.82) is 0 Å². The van der Waals surface area contributed by atoms with Gasteiger partial charge in [0.1, 0.15) is 47.7 Å². The summed E-state index contributed by atoms with van der Waals surface area (Å²) in [6.07, 6.45) is 4.08. The lowest BCUT2D eigenvalue weighted by molar-refractivity contribution is -0.143. The molecule has 0 unspecified atom stereocenters. The Kier molecular flexibility index (Phi) is 19.5. The number of hydrogen-bond acceptors (Lipinski definition) is 13. The molecule has 9 aromatic rings. The van der Waals surface area contributed by atoms with E-state index in [4.69, 9.17) is 43.0 Å². The molecule has 3 saturated heterocycles. The topological polar surface area (TPSA) is 190 Å². The molecule has 22 heteroatoms. The molecule has 101 heavy (non-hydrogen) atoms. The number of alkyl halides is 3. The van der Waals surface area contributed by atoms with E-state index < -0.39 is 34.3 Å². The number of para-hydroxylation sites is 4. The third-order valence-corrected chi connectivity index (χ3v) is 20.2. The van der Waals surface area contributed by atoms with Crippen molar-refractivity contribution >= 4 is 17.7 Å². The third-order valence-electron chi connectivity index (χ3n) is 20.2. The van der Waals surface area contributed by atoms with E-state index in [0.717, 1.165) is 76.5 Å². The average molecular weight is 1390 g/mol. The number of rotatable bonds is 14. The molecule has 3 aromatic heterocycles. The highest BCUT2D eigenvalue weighted by Crippen LogP contribution is 2.50. The van der Waals surface area contributed by atoms with E-state index in [9.17, 15) is 32.7 Å². The van der Waals surface area contributed by atoms with E-state index in [1.54, 1.807) is 93.0 Å². The highest BCUT2D eigenvalue weighted by atomic mass is 19.4. The van der Waals surface area contributed by atoms with Crippen LogP contribution in [0.4, 0.5) is 13.2 Å². The lowest BCUT2D eigenvalue weighted by Crippen LogP contribution is -2.50. The minimum Gasteiger partial charge on any atom is -0.496 e. The number of aromatic nitrogens is 3. The molecule has 6 aliphatic heterocycles. The summed E-state index contributed by atoms with van der Waals surface area (Å²) in [6, 6.07) is 49.3. The van der Waals surface area contributed by atoms with Gasteiger partial charge in [0.15, 0.2) is 28.3 Å². The van der Waals surface area contributed by atoms with Crippen molar-refractivity contribution < 1.29 is 78.5 Å². The molecule has 0 saturated carbocycles. The van der Waals surface area contributed by atoms with Crippen molar-refractivity contribution in [3.8, 4) is 57.3 Å². The van der Waals surface area contributed by atoms with Gasteiger partial charge < -0.3 is 76.5 Å². The molecule has 0 radical (unpaired) electrons. The summed E-state index contributed by atoms with van der Waals surface area (Å²) < 4.78 is 94.1. The van der Waals surface area contributed by atoms with Crippen LogP contribution in [-0.2, 0) is 40.7 Å². The van der Waals surface area contributed by atoms with E-state index in [1.165, 1.54) is 10.6 Å². The second kappa shape index (κ2) is 28.5. The van der Waals surface area contributed by atoms with Crippen molar-refractivity contribution in [2.45, 2.75) is 101 Å². The molecule has 3 amide bonds. The number of amides is 3. The maximum atomic E-state index is 13.8. The first-order valence-electron chi connectivity index (χ1n) is 34.2. The summed E-state index contributed by atoms with van der Waals surface area (Å²) in [6.45, 7) is 9.50. The second-order valence-electron chi connectivity index (χ2n) is 26.6. The predicted octanol–water partition coefficient (Wildman–Crippen LogP) is 13.8. The van der Waals surface area contributed by atoms with Crippen molar-refractivity contribution in [1.82, 2.24) is 28.4 Å². The summed E-state index contributed by atoms with van der Waals surface area (Å²) in [7, 11) is 4.87. The van der Waals surface area contributed by atoms with Gasteiger partial charge in [-0.3, -0.25) is 14.4 Å². The molecule has 6 aromatic carbocycles. The number of ether oxygens (including phenoxy) is 8. The van der Waals surface area contributed by atoms with Crippen LogP contribution in [0.15, 0.2) is 176 Å². The number of aliphatic hydroxyl groups excluding tert-OH is 2. The molecular weight excluding hydrogens is 1300 g/mol. The Labute approximate surface area is 587 Å². The highest BCUT2D eigenvalue weighted by molar-refractivity contribution is 5.96. The van der Waals surface area contributed by atoms with Gasteiger partial charge >= 0.3 is 6.18 Å². The zero-order valence-electron chi connectivity index (χ0n) is 57.5. The first kappa shape index (κ1) is 69.3. The number of carbonyl (C=O) groups excluding carboxylic acids is 3. The first-order chi connectivity index (χ1) is 48.8. The highest BCUT2D eigenvalue weighted by Gasteiger charge is 2.50. The molecule has 15 rings (SSSR count). The number of aliphatic hydroxyl groups is 2. The van der Waals surface area contributed by atoms with Crippen LogP contribution in [0.2, 0.25) is 0 Å². The second-order valence-corrected chi connectivity index (χ2v) is 26.6. The lowest BCUT2D eigenvalue weighted by Gasteiger charge is -2.45. The lowest BCUT2D eigenvalue weighted by atomic mass is 9.86. The SMILES string of the molecule is CCc1ccc(C(=O)N2CCC3(CC2)Oc2cc(CO)ccc2-n2cccc23)cc1OC.COc1cc(C(=O)N2CCC3(CC2)Oc2ccccc2-n2cccc23)ccc1OCC(C)(C)OC.O=C(c1ccc(OCCO)cc1)N1CCC2(CC1)Oc1ccccc1-n1c(C(F)(F)F)ccc12.[HH].[HH]. The van der Waals surface area contributed by atoms with Crippen LogP contribution in [0.5, 0.6) is 40.2 Å². The van der Waals surface area contributed by atoms with Crippen molar-refractivity contribution in [2.75, 3.05) is 80.4 Å². The van der Waals surface area contributed by atoms with E-state index in [1.807, 2.05) is 84.3 Å². The Morgan fingerprint density at radius 1 is 0.515 bits per heavy atom. The van der Waals surface area contributed by atoms with E-state index in [0.29, 0.717) is 123 Å². The van der Waals surface area contributed by atoms with Gasteiger partial charge in [-0.1, -0.05) is 43.3 Å². The minimum absolute atomic E-state index is 0. The zero-order chi connectivity index (χ0) is 70.8. The smallest absolute Gasteiger partial charge is 0.431 e. The van der Waals surface area contributed by atoms with E-state index >= 15 is 0 Å². The van der Waals surface area contributed by atoms with Gasteiger partial charge in [-0.05, 0) is 159 Å². The molecule has 6 aliphatic rings. The third kappa shape index (κ3) is 13.6. The first-order valence-corrected chi connectivity index (χ1v) is 34.2. The standard InChI is InChI=1S/C28H32N2O5.C26H28N2O4.C25H23F3N2O4.2H2/c1-27(2,33-4)19-34-23-12-11-20(18-24(23)32-3)26(31)29-16-13-28(14-17-29)25-10-7-15-30(25)21-8-5-6-9-22(21)35-28;1-3-19-7-8-20(16-22(19)31-2)25(30)27-13-10-26(11-14-27)24-5-4-12-28(24)21-9-6-18(17-29)15-23(21)32-26;26-25(27,28)22-10-9-21-24(34-20-4-2-1-3-19(20)30(21)22)11-13-29(14-12-24)23(32)17-5-7-18(8-6-17)33-16-15-31;;/h5-12,15,18H,13-14,16-17,19H2,1-4H3;4-9,12,15-16,29H,3,10-11,13-14,17H2,1-2H3;1-10,31H,11-16H2;2*1H. The quantitative estimate of drug-likeness (QED) is 0.105. The Hall–Kier alpha value is -10.2. The molecule has 2 N–H and O–H groups in total. The molecule has 19 nitrogen and oxygen atoms in total. The number of carbonyl (C=O) groups is 3. The number of benzene rings is 6. The van der Waals surface area contributed by atoms with Crippen LogP contribution in [-0.4, -0.2) is 142 Å². The van der Waals surface area contributed by atoms with Gasteiger partial charge in [-0.15, -0.1) is 0 Å². The molecule has 0 aliphatic carbocycles. The minimum atomic E-state index is -4.51. The molecule has 0 bridgehead atoms. The Balaban J connectivity index is 0.000000154. The van der Waals surface area contributed by atoms with Crippen LogP contribution in [0.3, 0.4) is 0 Å². The monoisotopic (exact) mass is 1380 g/mol. The van der Waals surface area contributed by atoms with Crippen molar-refractivity contribution in [3.05, 3.63) is 227 Å². The summed E-state index contributed by atoms with van der Waals surface area (Å²) in [5.74, 6) is 4.33. The Morgan fingerprint density at radius 3 is 1.54 bits per heavy atom. The molecule has 532 valence electrons. The average Bonchev–Trinajstić information content (AvgIpc) is 1.66. The normalized spacial score (nSPS) is 16.4. The maximum Gasteiger partial charge on any atom is 0.431 e. The van der Waals surface area contributed by atoms with Gasteiger partial charge in [0.2, 0.25) is 0 Å². The van der Waals surface area contributed by atoms with Crippen molar-refractivity contribution in [3.63, 3.8) is 0 Å². The van der Waals surface area contributed by atoms with Gasteiger partial charge in [-0.2, -0.15) is 13.2 Å². The number of fused-ring (bicyclic) bond motifs is 12. The van der Waals surface area contributed by atoms with Crippen LogP contribution in [0.1, 0.15) is 127 Å². The van der Waals surface area contributed by atoms with Crippen LogP contribution >= 0.6 is 0 Å². The van der Waals surface area contributed by atoms with Crippen LogP contribution in [0, 0.1) is 0 Å². The number of halogens is 3.